The Morgan fingerprint density at radius 1 is 1.05 bits per heavy atom. The molecule has 104 valence electrons. The molecule has 1 aliphatic heterocycles. The van der Waals surface area contributed by atoms with E-state index >= 15 is 0 Å². The monoisotopic (exact) mass is 261 g/mol. The fourth-order valence-corrected chi connectivity index (χ4v) is 3.01. The van der Waals surface area contributed by atoms with Gasteiger partial charge in [0, 0.05) is 11.3 Å². The molecule has 4 heteroatoms. The average molecular weight is 261 g/mol. The van der Waals surface area contributed by atoms with Gasteiger partial charge in [-0.1, -0.05) is 12.8 Å². The van der Waals surface area contributed by atoms with Crippen molar-refractivity contribution in [1.29, 1.82) is 0 Å². The van der Waals surface area contributed by atoms with Crippen molar-refractivity contribution in [2.24, 2.45) is 0 Å². The lowest BCUT2D eigenvalue weighted by molar-refractivity contribution is 0.00578. The van der Waals surface area contributed by atoms with E-state index in [4.69, 9.17) is 9.31 Å². The molecule has 1 aliphatic carbocycles. The van der Waals surface area contributed by atoms with Crippen molar-refractivity contribution in [3.05, 3.63) is 17.8 Å². The maximum absolute atomic E-state index is 6.07. The van der Waals surface area contributed by atoms with Gasteiger partial charge in [0.2, 0.25) is 0 Å². The third-order valence-electron chi connectivity index (χ3n) is 5.03. The lowest BCUT2D eigenvalue weighted by atomic mass is 9.85. The molecule has 1 saturated carbocycles. The van der Waals surface area contributed by atoms with Crippen LogP contribution in [0, 0.1) is 0 Å². The van der Waals surface area contributed by atoms with Crippen molar-refractivity contribution in [1.82, 2.24) is 4.98 Å². The average Bonchev–Trinajstić information content (AvgIpc) is 3.00. The van der Waals surface area contributed by atoms with Crippen LogP contribution in [0.1, 0.15) is 65.0 Å². The first kappa shape index (κ1) is 13.3. The number of aromatic nitrogens is 1. The van der Waals surface area contributed by atoms with E-state index in [9.17, 15) is 0 Å². The largest absolute Gasteiger partial charge is 0.512 e. The SMILES string of the molecule is CC1(C)OB(c2ccc(C3CCCC3)[nH]2)OC1(C)C. The van der Waals surface area contributed by atoms with E-state index in [2.05, 4.69) is 44.8 Å². The van der Waals surface area contributed by atoms with Crippen LogP contribution in [0.4, 0.5) is 0 Å². The maximum Gasteiger partial charge on any atom is 0.512 e. The minimum Gasteiger partial charge on any atom is -0.398 e. The van der Waals surface area contributed by atoms with Gasteiger partial charge in [0.15, 0.2) is 0 Å². The number of hydrogen-bond acceptors (Lipinski definition) is 2. The minimum absolute atomic E-state index is 0.264. The van der Waals surface area contributed by atoms with Gasteiger partial charge in [0.1, 0.15) is 0 Å². The lowest BCUT2D eigenvalue weighted by Gasteiger charge is -2.32. The van der Waals surface area contributed by atoms with E-state index in [1.807, 2.05) is 0 Å². The van der Waals surface area contributed by atoms with Gasteiger partial charge >= 0.3 is 7.12 Å². The Balaban J connectivity index is 1.77. The summed E-state index contributed by atoms with van der Waals surface area (Å²) < 4.78 is 12.1. The van der Waals surface area contributed by atoms with Gasteiger partial charge in [0.05, 0.1) is 11.2 Å². The molecule has 3 rings (SSSR count). The topological polar surface area (TPSA) is 34.2 Å². The second kappa shape index (κ2) is 4.39. The number of H-pyrrole nitrogens is 1. The molecule has 3 nitrogen and oxygen atoms in total. The van der Waals surface area contributed by atoms with Crippen molar-refractivity contribution in [2.45, 2.75) is 70.5 Å². The highest BCUT2D eigenvalue weighted by Gasteiger charge is 2.52. The van der Waals surface area contributed by atoms with Gasteiger partial charge in [-0.05, 0) is 58.6 Å². The first-order chi connectivity index (χ1) is 8.89. The van der Waals surface area contributed by atoms with E-state index in [1.165, 1.54) is 31.4 Å². The van der Waals surface area contributed by atoms with Crippen LogP contribution < -0.4 is 5.59 Å². The minimum atomic E-state index is -0.268. The quantitative estimate of drug-likeness (QED) is 0.830. The summed E-state index contributed by atoms with van der Waals surface area (Å²) in [6.07, 6.45) is 5.33. The first-order valence-corrected chi connectivity index (χ1v) is 7.43. The summed E-state index contributed by atoms with van der Waals surface area (Å²) in [5, 5.41) is 0. The molecule has 2 heterocycles. The number of nitrogens with one attached hydrogen (secondary N) is 1. The van der Waals surface area contributed by atoms with E-state index in [-0.39, 0.29) is 18.3 Å². The Bertz CT molecular complexity index is 444. The molecule has 0 spiro atoms. The molecule has 0 radical (unpaired) electrons. The fourth-order valence-electron chi connectivity index (χ4n) is 3.01. The Morgan fingerprint density at radius 2 is 1.63 bits per heavy atom. The first-order valence-electron chi connectivity index (χ1n) is 7.43. The highest BCUT2D eigenvalue weighted by atomic mass is 16.7. The molecule has 0 unspecified atom stereocenters. The van der Waals surface area contributed by atoms with Gasteiger partial charge in [-0.25, -0.2) is 0 Å². The highest BCUT2D eigenvalue weighted by Crippen LogP contribution is 2.37. The summed E-state index contributed by atoms with van der Waals surface area (Å²) in [6.45, 7) is 8.36. The molecule has 0 bridgehead atoms. The number of hydrogen-bond donors (Lipinski definition) is 1. The second-order valence-corrected chi connectivity index (χ2v) is 6.94. The van der Waals surface area contributed by atoms with Crippen molar-refractivity contribution in [3.63, 3.8) is 0 Å². The Morgan fingerprint density at radius 3 is 2.21 bits per heavy atom. The molecule has 0 atom stereocenters. The van der Waals surface area contributed by atoms with Crippen molar-refractivity contribution < 1.29 is 9.31 Å². The third kappa shape index (κ3) is 2.25. The van der Waals surface area contributed by atoms with Gasteiger partial charge in [-0.3, -0.25) is 0 Å². The molecule has 1 aromatic heterocycles. The normalized spacial score (nSPS) is 26.2. The van der Waals surface area contributed by atoms with E-state index in [1.54, 1.807) is 0 Å². The van der Waals surface area contributed by atoms with Crippen LogP contribution in [0.3, 0.4) is 0 Å². The number of rotatable bonds is 2. The van der Waals surface area contributed by atoms with Gasteiger partial charge in [-0.2, -0.15) is 0 Å². The van der Waals surface area contributed by atoms with Crippen LogP contribution in [-0.2, 0) is 9.31 Å². The molecule has 1 saturated heterocycles. The molecule has 0 amide bonds. The Labute approximate surface area is 116 Å². The van der Waals surface area contributed by atoms with Crippen LogP contribution in [-0.4, -0.2) is 23.3 Å². The summed E-state index contributed by atoms with van der Waals surface area (Å²) in [6, 6.07) is 4.33. The molecular weight excluding hydrogens is 237 g/mol. The van der Waals surface area contributed by atoms with Crippen molar-refractivity contribution >= 4 is 12.7 Å². The predicted octanol–water partition coefficient (Wildman–Crippen LogP) is 2.97. The van der Waals surface area contributed by atoms with Crippen LogP contribution in [0.25, 0.3) is 0 Å². The van der Waals surface area contributed by atoms with Crippen molar-refractivity contribution in [3.8, 4) is 0 Å². The predicted molar refractivity (Wildman–Crippen MR) is 77.7 cm³/mol. The molecule has 1 N–H and O–H groups in total. The zero-order chi connectivity index (χ0) is 13.7. The maximum atomic E-state index is 6.07. The van der Waals surface area contributed by atoms with Crippen molar-refractivity contribution in [2.75, 3.05) is 0 Å². The zero-order valence-electron chi connectivity index (χ0n) is 12.5. The van der Waals surface area contributed by atoms with Gasteiger partial charge in [-0.15, -0.1) is 0 Å². The van der Waals surface area contributed by atoms with Crippen LogP contribution in [0.5, 0.6) is 0 Å². The highest BCUT2D eigenvalue weighted by molar-refractivity contribution is 6.61. The number of aromatic amines is 1. The second-order valence-electron chi connectivity index (χ2n) is 6.94. The van der Waals surface area contributed by atoms with Gasteiger partial charge < -0.3 is 14.3 Å². The van der Waals surface area contributed by atoms with Crippen LogP contribution in [0.15, 0.2) is 12.1 Å². The lowest BCUT2D eigenvalue weighted by Crippen LogP contribution is -2.41. The molecule has 1 aromatic rings. The van der Waals surface area contributed by atoms with Gasteiger partial charge in [0.25, 0.3) is 0 Å². The Hall–Kier alpha value is -0.735. The molecule has 2 aliphatic rings. The third-order valence-corrected chi connectivity index (χ3v) is 5.03. The summed E-state index contributed by atoms with van der Waals surface area (Å²) in [5.41, 5.74) is 1.87. The smallest absolute Gasteiger partial charge is 0.398 e. The summed E-state index contributed by atoms with van der Waals surface area (Å²) >= 11 is 0. The van der Waals surface area contributed by atoms with E-state index < -0.39 is 0 Å². The summed E-state index contributed by atoms with van der Waals surface area (Å²) in [5.74, 6) is 0.705. The Kier molecular flexibility index (Phi) is 3.06. The van der Waals surface area contributed by atoms with E-state index in [0.717, 1.165) is 5.59 Å². The van der Waals surface area contributed by atoms with Crippen LogP contribution >= 0.6 is 0 Å². The summed E-state index contributed by atoms with van der Waals surface area (Å²) in [4.78, 5) is 3.52. The zero-order valence-corrected chi connectivity index (χ0v) is 12.5. The van der Waals surface area contributed by atoms with E-state index in [0.29, 0.717) is 5.92 Å². The fraction of sp³-hybridized carbons (Fsp3) is 0.733. The van der Waals surface area contributed by atoms with Crippen LogP contribution in [0.2, 0.25) is 0 Å². The molecule has 2 fully saturated rings. The molecule has 19 heavy (non-hydrogen) atoms. The molecular formula is C15H24BNO2. The standard InChI is InChI=1S/C15H24BNO2/c1-14(2)15(3,4)19-16(18-14)13-10-9-12(17-13)11-7-5-6-8-11/h9-11,17H,5-8H2,1-4H3. The molecule has 0 aromatic carbocycles. The summed E-state index contributed by atoms with van der Waals surface area (Å²) in [7, 11) is -0.264.